The molecule has 43 heavy (non-hydrogen) atoms. The van der Waals surface area contributed by atoms with Gasteiger partial charge in [0, 0.05) is 67.4 Å². The van der Waals surface area contributed by atoms with Crippen LogP contribution in [0.4, 0.5) is 20.3 Å². The maximum absolute atomic E-state index is 15.0. The van der Waals surface area contributed by atoms with Gasteiger partial charge in [-0.3, -0.25) is 4.90 Å². The van der Waals surface area contributed by atoms with Crippen molar-refractivity contribution in [2.75, 3.05) is 49.1 Å². The van der Waals surface area contributed by atoms with Gasteiger partial charge in [0.15, 0.2) is 0 Å². The number of phenols is 1. The molecular weight excluding hydrogens is 550 g/mol. The van der Waals surface area contributed by atoms with Gasteiger partial charge in [-0.25, -0.2) is 8.78 Å². The largest absolute Gasteiger partial charge is 0.508 e. The van der Waals surface area contributed by atoms with E-state index >= 15 is 0 Å². The number of nitrogens with zero attached hydrogens (tertiary/aromatic N) is 5. The number of alkyl halides is 1. The number of phenolic OH excluding ortho intramolecular Hbond substituents is 1. The predicted octanol–water partition coefficient (Wildman–Crippen LogP) is 4.50. The Bertz CT molecular complexity index is 1610. The number of halogens is 2. The molecule has 0 saturated carbocycles. The number of aromatic hydroxyl groups is 1. The van der Waals surface area contributed by atoms with E-state index in [4.69, 9.17) is 16.1 Å². The average molecular weight is 592 g/mol. The van der Waals surface area contributed by atoms with Crippen LogP contribution in [0.1, 0.15) is 57.2 Å². The standard InChI is InChI=1S/C33H40F2N6O2/c1-2-25-27(35)7-4-20-12-24(42)13-29(30(20)25)39-11-8-26-28(18-39)37-32(38-31(26)40-16-22-5-6-23(17-40)36-22)43-19-33-9-3-10-41(33)15-21(34)14-33/h4,7,12-13,21-23,36,42H,2-3,5-6,8-11,14-19H2,1H3/t21-,22-,23+,33+/m1/s1/i21D. The van der Waals surface area contributed by atoms with Crippen molar-refractivity contribution in [3.05, 3.63) is 46.9 Å². The van der Waals surface area contributed by atoms with E-state index in [1.165, 1.54) is 6.07 Å². The van der Waals surface area contributed by atoms with Crippen LogP contribution in [-0.4, -0.2) is 83.1 Å². The molecule has 4 saturated heterocycles. The Morgan fingerprint density at radius 3 is 2.79 bits per heavy atom. The van der Waals surface area contributed by atoms with Crippen molar-refractivity contribution >= 4 is 22.3 Å². The highest BCUT2D eigenvalue weighted by molar-refractivity contribution is 5.98. The van der Waals surface area contributed by atoms with E-state index in [-0.39, 0.29) is 37.1 Å². The number of aromatic nitrogens is 2. The molecular formula is C33H40F2N6O2. The Morgan fingerprint density at radius 1 is 1.14 bits per heavy atom. The van der Waals surface area contributed by atoms with E-state index < -0.39 is 11.7 Å². The van der Waals surface area contributed by atoms with Gasteiger partial charge in [0.2, 0.25) is 0 Å². The Balaban J connectivity index is 1.16. The molecule has 6 heterocycles. The summed E-state index contributed by atoms with van der Waals surface area (Å²) in [4.78, 5) is 16.6. The highest BCUT2D eigenvalue weighted by Gasteiger charge is 2.49. The zero-order valence-electron chi connectivity index (χ0n) is 25.7. The molecule has 8 nitrogen and oxygen atoms in total. The minimum atomic E-state index is -1.97. The maximum atomic E-state index is 15.0. The molecule has 10 heteroatoms. The second-order valence-corrected chi connectivity index (χ2v) is 13.1. The van der Waals surface area contributed by atoms with Gasteiger partial charge < -0.3 is 25.0 Å². The van der Waals surface area contributed by atoms with E-state index in [9.17, 15) is 13.9 Å². The molecule has 0 radical (unpaired) electrons. The van der Waals surface area contributed by atoms with Gasteiger partial charge in [-0.2, -0.15) is 9.97 Å². The summed E-state index contributed by atoms with van der Waals surface area (Å²) in [6.07, 6.45) is 3.49. The van der Waals surface area contributed by atoms with E-state index in [0.29, 0.717) is 43.6 Å². The molecule has 228 valence electrons. The van der Waals surface area contributed by atoms with Crippen LogP contribution in [0, 0.1) is 5.82 Å². The fourth-order valence-electron chi connectivity index (χ4n) is 8.44. The van der Waals surface area contributed by atoms with Gasteiger partial charge in [-0.05, 0) is 68.2 Å². The SMILES string of the molecule is [2H][C@]1(F)CN2CCC[C@@]2(COc2nc3c(c(N4C[C@H]5CC[C@@H](C4)N5)n2)CCN(c2cc(O)cc4ccc(F)c(CC)c24)C3)C1. The summed E-state index contributed by atoms with van der Waals surface area (Å²) in [5.74, 6) is 0.817. The molecule has 0 amide bonds. The molecule has 2 aromatic carbocycles. The molecule has 5 aliphatic rings. The summed E-state index contributed by atoms with van der Waals surface area (Å²) < 4.78 is 44.3. The third-order valence-electron chi connectivity index (χ3n) is 10.5. The summed E-state index contributed by atoms with van der Waals surface area (Å²) >= 11 is 0. The molecule has 5 aliphatic heterocycles. The molecule has 0 spiro atoms. The maximum Gasteiger partial charge on any atom is 0.318 e. The first-order chi connectivity index (χ1) is 21.2. The van der Waals surface area contributed by atoms with Gasteiger partial charge in [0.05, 0.1) is 19.1 Å². The Labute approximate surface area is 252 Å². The first kappa shape index (κ1) is 26.2. The average Bonchev–Trinajstić information content (AvgIpc) is 3.62. The highest BCUT2D eigenvalue weighted by atomic mass is 19.1. The zero-order valence-corrected chi connectivity index (χ0v) is 24.7. The highest BCUT2D eigenvalue weighted by Crippen LogP contribution is 2.42. The van der Waals surface area contributed by atoms with Crippen LogP contribution >= 0.6 is 0 Å². The van der Waals surface area contributed by atoms with Crippen molar-refractivity contribution in [2.24, 2.45) is 0 Å². The van der Waals surface area contributed by atoms with Crippen LogP contribution in [0.15, 0.2) is 24.3 Å². The van der Waals surface area contributed by atoms with Crippen molar-refractivity contribution in [2.45, 2.75) is 82.2 Å². The second kappa shape index (κ2) is 10.4. The number of nitrogens with one attached hydrogen (secondary N) is 1. The fraction of sp³-hybridized carbons (Fsp3) is 0.576. The fourth-order valence-corrected chi connectivity index (χ4v) is 8.44. The Morgan fingerprint density at radius 2 is 1.98 bits per heavy atom. The number of ether oxygens (including phenoxy) is 1. The van der Waals surface area contributed by atoms with E-state index in [2.05, 4.69) is 20.0 Å². The van der Waals surface area contributed by atoms with Crippen LogP contribution in [-0.2, 0) is 19.4 Å². The summed E-state index contributed by atoms with van der Waals surface area (Å²) in [5, 5.41) is 16.0. The van der Waals surface area contributed by atoms with E-state index in [0.717, 1.165) is 78.9 Å². The molecule has 4 fully saturated rings. The normalized spacial score (nSPS) is 30.5. The molecule has 1 aromatic heterocycles. The topological polar surface area (TPSA) is 77.0 Å². The quantitative estimate of drug-likeness (QED) is 0.434. The lowest BCUT2D eigenvalue weighted by molar-refractivity contribution is 0.107. The van der Waals surface area contributed by atoms with Crippen LogP contribution in [0.25, 0.3) is 10.8 Å². The van der Waals surface area contributed by atoms with E-state index in [1.807, 2.05) is 6.92 Å². The number of aryl methyl sites for hydroxylation is 1. The van der Waals surface area contributed by atoms with Crippen LogP contribution in [0.3, 0.4) is 0 Å². The summed E-state index contributed by atoms with van der Waals surface area (Å²) in [5.41, 5.74) is 2.91. The van der Waals surface area contributed by atoms with Gasteiger partial charge >= 0.3 is 6.01 Å². The number of benzene rings is 2. The number of anilines is 2. The molecule has 2 N–H and O–H groups in total. The van der Waals surface area contributed by atoms with Crippen LogP contribution in [0.2, 0.25) is 0 Å². The van der Waals surface area contributed by atoms with Crippen molar-refractivity contribution in [3.8, 4) is 11.8 Å². The van der Waals surface area contributed by atoms with Crippen molar-refractivity contribution in [1.82, 2.24) is 20.2 Å². The van der Waals surface area contributed by atoms with Gasteiger partial charge in [0.1, 0.15) is 30.1 Å². The van der Waals surface area contributed by atoms with E-state index in [1.54, 1.807) is 18.2 Å². The number of piperazine rings is 1. The summed E-state index contributed by atoms with van der Waals surface area (Å²) in [6.45, 7) is 6.00. The molecule has 2 bridgehead atoms. The van der Waals surface area contributed by atoms with Gasteiger partial charge in [0.25, 0.3) is 0 Å². The Kier molecular flexibility index (Phi) is 6.36. The lowest BCUT2D eigenvalue weighted by Gasteiger charge is -2.38. The third kappa shape index (κ3) is 4.68. The molecule has 0 unspecified atom stereocenters. The molecule has 8 rings (SSSR count). The minimum Gasteiger partial charge on any atom is -0.508 e. The number of hydrogen-bond acceptors (Lipinski definition) is 8. The molecule has 4 atom stereocenters. The first-order valence-corrected chi connectivity index (χ1v) is 15.9. The van der Waals surface area contributed by atoms with Crippen molar-refractivity contribution in [3.63, 3.8) is 0 Å². The monoisotopic (exact) mass is 591 g/mol. The lowest BCUT2D eigenvalue weighted by Crippen LogP contribution is -2.52. The second-order valence-electron chi connectivity index (χ2n) is 13.1. The van der Waals surface area contributed by atoms with Crippen molar-refractivity contribution < 1.29 is 20.0 Å². The van der Waals surface area contributed by atoms with Gasteiger partial charge in [-0.1, -0.05) is 13.0 Å². The smallest absolute Gasteiger partial charge is 0.318 e. The number of hydrogen-bond donors (Lipinski definition) is 2. The predicted molar refractivity (Wildman–Crippen MR) is 162 cm³/mol. The number of fused-ring (bicyclic) bond motifs is 5. The Hall–Kier alpha value is -3.24. The first-order valence-electron chi connectivity index (χ1n) is 16.4. The van der Waals surface area contributed by atoms with Crippen LogP contribution in [0.5, 0.6) is 11.8 Å². The third-order valence-corrected chi connectivity index (χ3v) is 10.5. The lowest BCUT2D eigenvalue weighted by atomic mass is 9.95. The minimum absolute atomic E-state index is 0.114. The van der Waals surface area contributed by atoms with Crippen molar-refractivity contribution in [1.29, 1.82) is 0 Å². The van der Waals surface area contributed by atoms with Crippen LogP contribution < -0.4 is 19.9 Å². The zero-order chi connectivity index (χ0) is 30.2. The number of rotatable bonds is 6. The molecule has 3 aromatic rings. The van der Waals surface area contributed by atoms with Gasteiger partial charge in [-0.15, -0.1) is 0 Å². The summed E-state index contributed by atoms with van der Waals surface area (Å²) in [7, 11) is 0. The molecule has 0 aliphatic carbocycles. The summed E-state index contributed by atoms with van der Waals surface area (Å²) in [6, 6.07) is 7.79.